The lowest BCUT2D eigenvalue weighted by Gasteiger charge is -2.02. The zero-order chi connectivity index (χ0) is 9.80. The minimum absolute atomic E-state index is 0.320. The molecule has 0 unspecified atom stereocenters. The fourth-order valence-corrected chi connectivity index (χ4v) is 1.81. The molecule has 1 nitrogen and oxygen atoms in total. The summed E-state index contributed by atoms with van der Waals surface area (Å²) in [4.78, 5) is 0. The Bertz CT molecular complexity index is 272. The van der Waals surface area contributed by atoms with Gasteiger partial charge in [-0.05, 0) is 49.1 Å². The van der Waals surface area contributed by atoms with Crippen molar-refractivity contribution >= 4 is 0 Å². The summed E-state index contributed by atoms with van der Waals surface area (Å²) in [5.74, 6) is 0.862. The number of hydrogen-bond acceptors (Lipinski definition) is 1. The number of hydrogen-bond donors (Lipinski definition) is 1. The van der Waals surface area contributed by atoms with Crippen molar-refractivity contribution in [3.8, 4) is 0 Å². The average Bonchev–Trinajstić information content (AvgIpc) is 3.03. The maximum Gasteiger partial charge on any atom is 0.0431 e. The van der Waals surface area contributed by atoms with Crippen LogP contribution < -0.4 is 0 Å². The smallest absolute Gasteiger partial charge is 0.0431 e. The summed E-state index contributed by atoms with van der Waals surface area (Å²) in [6.07, 6.45) is 5.88. The summed E-state index contributed by atoms with van der Waals surface area (Å²) in [5, 5.41) is 8.67. The van der Waals surface area contributed by atoms with Gasteiger partial charge in [-0.25, -0.2) is 0 Å². The van der Waals surface area contributed by atoms with Crippen LogP contribution in [0, 0.1) is 0 Å². The zero-order valence-corrected chi connectivity index (χ0v) is 8.58. The van der Waals surface area contributed by atoms with Crippen molar-refractivity contribution in [2.24, 2.45) is 0 Å². The SMILES string of the molecule is OCCCCc1ccc(C2CC2)cc1. The van der Waals surface area contributed by atoms with Gasteiger partial charge in [0.1, 0.15) is 0 Å². The van der Waals surface area contributed by atoms with Gasteiger partial charge in [-0.15, -0.1) is 0 Å². The Kier molecular flexibility index (Phi) is 3.20. The number of rotatable bonds is 5. The predicted molar refractivity (Wildman–Crippen MR) is 58.4 cm³/mol. The maximum atomic E-state index is 8.67. The molecule has 2 rings (SSSR count). The average molecular weight is 190 g/mol. The van der Waals surface area contributed by atoms with E-state index >= 15 is 0 Å². The van der Waals surface area contributed by atoms with Gasteiger partial charge in [-0.2, -0.15) is 0 Å². The molecule has 1 heteroatoms. The highest BCUT2D eigenvalue weighted by atomic mass is 16.2. The van der Waals surface area contributed by atoms with Gasteiger partial charge in [0.05, 0.1) is 0 Å². The van der Waals surface area contributed by atoms with Crippen molar-refractivity contribution in [1.29, 1.82) is 0 Å². The number of unbranched alkanes of at least 4 members (excludes halogenated alkanes) is 1. The van der Waals surface area contributed by atoms with E-state index in [1.165, 1.54) is 24.0 Å². The predicted octanol–water partition coefficient (Wildman–Crippen LogP) is 2.88. The number of aliphatic hydroxyl groups is 1. The third kappa shape index (κ3) is 2.58. The number of aliphatic hydroxyl groups excluding tert-OH is 1. The Morgan fingerprint density at radius 1 is 1.07 bits per heavy atom. The van der Waals surface area contributed by atoms with Crippen LogP contribution in [-0.2, 0) is 6.42 Å². The third-order valence-corrected chi connectivity index (χ3v) is 2.90. The highest BCUT2D eigenvalue weighted by Crippen LogP contribution is 2.39. The van der Waals surface area contributed by atoms with Crippen molar-refractivity contribution < 1.29 is 5.11 Å². The van der Waals surface area contributed by atoms with Gasteiger partial charge in [0.25, 0.3) is 0 Å². The second kappa shape index (κ2) is 4.61. The maximum absolute atomic E-state index is 8.67. The first-order chi connectivity index (χ1) is 6.90. The van der Waals surface area contributed by atoms with Crippen molar-refractivity contribution in [1.82, 2.24) is 0 Å². The standard InChI is InChI=1S/C13H18O/c14-10-2-1-3-11-4-6-12(7-5-11)13-8-9-13/h4-7,13-14H,1-3,8-10H2. The van der Waals surface area contributed by atoms with Gasteiger partial charge in [0.2, 0.25) is 0 Å². The lowest BCUT2D eigenvalue weighted by Crippen LogP contribution is -1.89. The molecule has 1 aromatic carbocycles. The molecule has 0 atom stereocenters. The summed E-state index contributed by atoms with van der Waals surface area (Å²) >= 11 is 0. The van der Waals surface area contributed by atoms with E-state index in [0.717, 1.165) is 25.2 Å². The van der Waals surface area contributed by atoms with E-state index < -0.39 is 0 Å². The molecule has 1 saturated carbocycles. The van der Waals surface area contributed by atoms with E-state index in [1.54, 1.807) is 0 Å². The van der Waals surface area contributed by atoms with Crippen LogP contribution in [0.1, 0.15) is 42.7 Å². The van der Waals surface area contributed by atoms with Crippen LogP contribution in [0.4, 0.5) is 0 Å². The van der Waals surface area contributed by atoms with Gasteiger partial charge in [0, 0.05) is 6.61 Å². The molecule has 1 aliphatic rings. The minimum atomic E-state index is 0.320. The van der Waals surface area contributed by atoms with E-state index in [1.807, 2.05) is 0 Å². The zero-order valence-electron chi connectivity index (χ0n) is 8.58. The summed E-state index contributed by atoms with van der Waals surface area (Å²) in [6, 6.07) is 9.02. The summed E-state index contributed by atoms with van der Waals surface area (Å²) < 4.78 is 0. The third-order valence-electron chi connectivity index (χ3n) is 2.90. The Balaban J connectivity index is 1.86. The number of aryl methyl sites for hydroxylation is 1. The molecule has 0 bridgehead atoms. The largest absolute Gasteiger partial charge is 0.396 e. The van der Waals surface area contributed by atoms with Crippen LogP contribution in [-0.4, -0.2) is 11.7 Å². The number of benzene rings is 1. The van der Waals surface area contributed by atoms with Crippen molar-refractivity contribution in [2.45, 2.75) is 38.0 Å². The molecule has 0 amide bonds. The Morgan fingerprint density at radius 3 is 2.36 bits per heavy atom. The van der Waals surface area contributed by atoms with Crippen LogP contribution in [0.5, 0.6) is 0 Å². The monoisotopic (exact) mass is 190 g/mol. The van der Waals surface area contributed by atoms with Crippen LogP contribution in [0.25, 0.3) is 0 Å². The van der Waals surface area contributed by atoms with Crippen LogP contribution >= 0.6 is 0 Å². The van der Waals surface area contributed by atoms with Gasteiger partial charge in [-0.1, -0.05) is 24.3 Å². The van der Waals surface area contributed by atoms with Crippen LogP contribution in [0.15, 0.2) is 24.3 Å². The first-order valence-electron chi connectivity index (χ1n) is 5.60. The van der Waals surface area contributed by atoms with Crippen molar-refractivity contribution in [3.63, 3.8) is 0 Å². The Labute approximate surface area is 85.8 Å². The summed E-state index contributed by atoms with van der Waals surface area (Å²) in [5.41, 5.74) is 2.92. The van der Waals surface area contributed by atoms with Crippen molar-refractivity contribution in [3.05, 3.63) is 35.4 Å². The van der Waals surface area contributed by atoms with Crippen molar-refractivity contribution in [2.75, 3.05) is 6.61 Å². The lowest BCUT2D eigenvalue weighted by atomic mass is 10.0. The molecule has 76 valence electrons. The van der Waals surface area contributed by atoms with E-state index in [4.69, 9.17) is 5.11 Å². The fraction of sp³-hybridized carbons (Fsp3) is 0.538. The Hall–Kier alpha value is -0.820. The lowest BCUT2D eigenvalue weighted by molar-refractivity contribution is 0.284. The highest BCUT2D eigenvalue weighted by Gasteiger charge is 2.22. The summed E-state index contributed by atoms with van der Waals surface area (Å²) in [6.45, 7) is 0.320. The van der Waals surface area contributed by atoms with Crippen LogP contribution in [0.2, 0.25) is 0 Å². The van der Waals surface area contributed by atoms with Gasteiger partial charge < -0.3 is 5.11 Å². The van der Waals surface area contributed by atoms with E-state index in [9.17, 15) is 0 Å². The molecule has 0 aromatic heterocycles. The molecule has 14 heavy (non-hydrogen) atoms. The first kappa shape index (κ1) is 9.72. The van der Waals surface area contributed by atoms with Crippen LogP contribution in [0.3, 0.4) is 0 Å². The molecule has 0 spiro atoms. The molecular formula is C13H18O. The second-order valence-electron chi connectivity index (χ2n) is 4.20. The van der Waals surface area contributed by atoms with E-state index in [2.05, 4.69) is 24.3 Å². The first-order valence-corrected chi connectivity index (χ1v) is 5.60. The van der Waals surface area contributed by atoms with E-state index in [0.29, 0.717) is 6.61 Å². The van der Waals surface area contributed by atoms with E-state index in [-0.39, 0.29) is 0 Å². The molecule has 1 fully saturated rings. The molecule has 1 N–H and O–H groups in total. The van der Waals surface area contributed by atoms with Gasteiger partial charge >= 0.3 is 0 Å². The quantitative estimate of drug-likeness (QED) is 0.708. The normalized spacial score (nSPS) is 15.8. The van der Waals surface area contributed by atoms with Gasteiger partial charge in [0.15, 0.2) is 0 Å². The molecule has 0 radical (unpaired) electrons. The molecule has 0 saturated heterocycles. The molecule has 0 aliphatic heterocycles. The minimum Gasteiger partial charge on any atom is -0.396 e. The fourth-order valence-electron chi connectivity index (χ4n) is 1.81. The molecule has 1 aliphatic carbocycles. The van der Waals surface area contributed by atoms with Gasteiger partial charge in [-0.3, -0.25) is 0 Å². The highest BCUT2D eigenvalue weighted by molar-refractivity contribution is 5.28. The topological polar surface area (TPSA) is 20.2 Å². The molecule has 1 aromatic rings. The summed E-state index contributed by atoms with van der Waals surface area (Å²) in [7, 11) is 0. The second-order valence-corrected chi connectivity index (χ2v) is 4.20. The Morgan fingerprint density at radius 2 is 1.79 bits per heavy atom. The molecule has 0 heterocycles. The molecular weight excluding hydrogens is 172 g/mol.